The summed E-state index contributed by atoms with van der Waals surface area (Å²) in [5.74, 6) is 1.30. The molecule has 2 aromatic carbocycles. The Morgan fingerprint density at radius 2 is 1.69 bits per heavy atom. The summed E-state index contributed by atoms with van der Waals surface area (Å²) < 4.78 is 11.0. The van der Waals surface area contributed by atoms with Crippen LogP contribution < -0.4 is 9.47 Å². The van der Waals surface area contributed by atoms with Crippen LogP contribution in [-0.2, 0) is 11.2 Å². The lowest BCUT2D eigenvalue weighted by molar-refractivity contribution is -0.133. The second-order valence-electron chi connectivity index (χ2n) is 5.75. The number of H-pyrrole nitrogens is 1. The van der Waals surface area contributed by atoms with E-state index in [1.54, 1.807) is 36.5 Å². The number of benzene rings is 2. The molecule has 2 aromatic heterocycles. The molecule has 5 heteroatoms. The fourth-order valence-electron chi connectivity index (χ4n) is 2.70. The maximum atomic E-state index is 12.2. The van der Waals surface area contributed by atoms with Crippen LogP contribution in [0.5, 0.6) is 17.4 Å². The van der Waals surface area contributed by atoms with E-state index in [0.29, 0.717) is 17.4 Å². The molecule has 2 heterocycles. The van der Waals surface area contributed by atoms with Gasteiger partial charge in [0.15, 0.2) is 0 Å². The summed E-state index contributed by atoms with van der Waals surface area (Å²) in [6.07, 6.45) is 3.71. The van der Waals surface area contributed by atoms with Crippen molar-refractivity contribution in [1.29, 1.82) is 0 Å². The van der Waals surface area contributed by atoms with Gasteiger partial charge in [-0.1, -0.05) is 24.3 Å². The van der Waals surface area contributed by atoms with Gasteiger partial charge < -0.3 is 14.5 Å². The summed E-state index contributed by atoms with van der Waals surface area (Å²) in [5, 5.41) is 1.03. The largest absolute Gasteiger partial charge is 0.439 e. The van der Waals surface area contributed by atoms with Crippen LogP contribution in [0.2, 0.25) is 0 Å². The zero-order valence-electron chi connectivity index (χ0n) is 13.9. The Morgan fingerprint density at radius 3 is 2.50 bits per heavy atom. The molecule has 0 aliphatic heterocycles. The van der Waals surface area contributed by atoms with Crippen LogP contribution in [-0.4, -0.2) is 15.9 Å². The number of hydrogen-bond acceptors (Lipinski definition) is 4. The van der Waals surface area contributed by atoms with Crippen molar-refractivity contribution in [3.63, 3.8) is 0 Å². The quantitative estimate of drug-likeness (QED) is 0.427. The van der Waals surface area contributed by atoms with Gasteiger partial charge in [-0.05, 0) is 42.0 Å². The van der Waals surface area contributed by atoms with Gasteiger partial charge in [0.2, 0.25) is 5.88 Å². The Morgan fingerprint density at radius 1 is 0.923 bits per heavy atom. The van der Waals surface area contributed by atoms with E-state index in [9.17, 15) is 4.79 Å². The molecule has 4 rings (SSSR count). The van der Waals surface area contributed by atoms with Crippen molar-refractivity contribution in [3.8, 4) is 17.4 Å². The number of hydrogen-bond donors (Lipinski definition) is 1. The molecule has 5 nitrogen and oxygen atoms in total. The van der Waals surface area contributed by atoms with E-state index in [-0.39, 0.29) is 12.4 Å². The van der Waals surface area contributed by atoms with Gasteiger partial charge in [0.25, 0.3) is 0 Å². The molecule has 0 spiro atoms. The number of carbonyl (C=O) groups is 1. The molecule has 0 radical (unpaired) electrons. The van der Waals surface area contributed by atoms with Crippen molar-refractivity contribution < 1.29 is 14.3 Å². The van der Waals surface area contributed by atoms with E-state index in [2.05, 4.69) is 9.97 Å². The molecular formula is C21H16N2O3. The van der Waals surface area contributed by atoms with Crippen LogP contribution in [0.3, 0.4) is 0 Å². The average molecular weight is 344 g/mol. The van der Waals surface area contributed by atoms with Gasteiger partial charge >= 0.3 is 5.97 Å². The molecule has 0 bridgehead atoms. The Kier molecular flexibility index (Phi) is 4.35. The van der Waals surface area contributed by atoms with Gasteiger partial charge in [-0.2, -0.15) is 0 Å². The molecule has 0 saturated carbocycles. The molecule has 0 aliphatic carbocycles. The molecule has 0 atom stereocenters. The second kappa shape index (κ2) is 7.11. The van der Waals surface area contributed by atoms with Gasteiger partial charge in [0.1, 0.15) is 11.5 Å². The Bertz CT molecular complexity index is 1020. The molecule has 0 saturated heterocycles. The van der Waals surface area contributed by atoms with Crippen LogP contribution in [0.25, 0.3) is 10.9 Å². The number of fused-ring (bicyclic) bond motifs is 1. The van der Waals surface area contributed by atoms with Crippen LogP contribution in [0.4, 0.5) is 0 Å². The fourth-order valence-corrected chi connectivity index (χ4v) is 2.70. The maximum absolute atomic E-state index is 12.2. The summed E-state index contributed by atoms with van der Waals surface area (Å²) in [6, 6.07) is 20.2. The number of esters is 1. The van der Waals surface area contributed by atoms with E-state index in [0.717, 1.165) is 16.5 Å². The highest BCUT2D eigenvalue weighted by atomic mass is 16.5. The first-order chi connectivity index (χ1) is 12.8. The van der Waals surface area contributed by atoms with Crippen molar-refractivity contribution >= 4 is 16.9 Å². The normalized spacial score (nSPS) is 10.6. The number of aromatic amines is 1. The smallest absolute Gasteiger partial charge is 0.315 e. The average Bonchev–Trinajstić information content (AvgIpc) is 3.07. The first-order valence-electron chi connectivity index (χ1n) is 8.22. The minimum Gasteiger partial charge on any atom is -0.439 e. The minimum absolute atomic E-state index is 0.205. The van der Waals surface area contributed by atoms with E-state index < -0.39 is 0 Å². The van der Waals surface area contributed by atoms with Crippen molar-refractivity contribution in [3.05, 3.63) is 84.7 Å². The minimum atomic E-state index is -0.312. The lowest BCUT2D eigenvalue weighted by Gasteiger charge is -2.07. The number of pyridine rings is 1. The van der Waals surface area contributed by atoms with E-state index in [1.807, 2.05) is 42.6 Å². The lowest BCUT2D eigenvalue weighted by atomic mass is 10.1. The van der Waals surface area contributed by atoms with Crippen molar-refractivity contribution in [1.82, 2.24) is 9.97 Å². The molecule has 26 heavy (non-hydrogen) atoms. The predicted molar refractivity (Wildman–Crippen MR) is 98.4 cm³/mol. The van der Waals surface area contributed by atoms with Gasteiger partial charge in [0, 0.05) is 29.4 Å². The van der Waals surface area contributed by atoms with E-state index >= 15 is 0 Å². The Labute approximate surface area is 150 Å². The highest BCUT2D eigenvalue weighted by molar-refractivity contribution is 5.87. The number of aromatic nitrogens is 2. The third-order valence-electron chi connectivity index (χ3n) is 3.93. The molecule has 0 unspecified atom stereocenters. The summed E-state index contributed by atoms with van der Waals surface area (Å²) in [5.41, 5.74) is 1.92. The van der Waals surface area contributed by atoms with Crippen molar-refractivity contribution in [2.24, 2.45) is 0 Å². The summed E-state index contributed by atoms with van der Waals surface area (Å²) in [6.45, 7) is 0. The number of nitrogens with zero attached hydrogens (tertiary/aromatic N) is 1. The maximum Gasteiger partial charge on any atom is 0.315 e. The zero-order valence-corrected chi connectivity index (χ0v) is 13.9. The van der Waals surface area contributed by atoms with Crippen LogP contribution in [0.15, 0.2) is 79.1 Å². The van der Waals surface area contributed by atoms with Crippen LogP contribution >= 0.6 is 0 Å². The van der Waals surface area contributed by atoms with Gasteiger partial charge in [-0.15, -0.1) is 0 Å². The van der Waals surface area contributed by atoms with Crippen LogP contribution in [0, 0.1) is 0 Å². The molecule has 4 aromatic rings. The molecule has 1 N–H and O–H groups in total. The third kappa shape index (κ3) is 3.57. The SMILES string of the molecule is O=C(Cc1c[nH]c2ccccc12)Oc1ccc(Oc2ccccn2)cc1. The first-order valence-corrected chi connectivity index (χ1v) is 8.22. The number of carbonyl (C=O) groups excluding carboxylic acids is 1. The summed E-state index contributed by atoms with van der Waals surface area (Å²) in [4.78, 5) is 19.5. The summed E-state index contributed by atoms with van der Waals surface area (Å²) >= 11 is 0. The number of nitrogens with one attached hydrogen (secondary N) is 1. The highest BCUT2D eigenvalue weighted by Crippen LogP contribution is 2.23. The van der Waals surface area contributed by atoms with Gasteiger partial charge in [-0.3, -0.25) is 4.79 Å². The summed E-state index contributed by atoms with van der Waals surface area (Å²) in [7, 11) is 0. The van der Waals surface area contributed by atoms with Gasteiger partial charge in [0.05, 0.1) is 6.42 Å². The van der Waals surface area contributed by atoms with Crippen molar-refractivity contribution in [2.75, 3.05) is 0 Å². The molecule has 128 valence electrons. The van der Waals surface area contributed by atoms with E-state index in [4.69, 9.17) is 9.47 Å². The zero-order chi connectivity index (χ0) is 17.8. The van der Waals surface area contributed by atoms with Crippen LogP contribution in [0.1, 0.15) is 5.56 Å². The molecule has 0 fully saturated rings. The second-order valence-corrected chi connectivity index (χ2v) is 5.75. The topological polar surface area (TPSA) is 64.2 Å². The first kappa shape index (κ1) is 15.9. The molecule has 0 amide bonds. The molecule has 0 aliphatic rings. The number of para-hydroxylation sites is 1. The highest BCUT2D eigenvalue weighted by Gasteiger charge is 2.11. The number of ether oxygens (including phenoxy) is 2. The fraction of sp³-hybridized carbons (Fsp3) is 0.0476. The standard InChI is InChI=1S/C21H16N2O3/c24-21(13-15-14-23-19-6-2-1-5-18(15)19)26-17-10-8-16(9-11-17)25-20-7-3-4-12-22-20/h1-12,14,23H,13H2. The third-order valence-corrected chi connectivity index (χ3v) is 3.93. The van der Waals surface area contributed by atoms with Gasteiger partial charge in [-0.25, -0.2) is 4.98 Å². The lowest BCUT2D eigenvalue weighted by Crippen LogP contribution is -2.10. The predicted octanol–water partition coefficient (Wildman–Crippen LogP) is 4.50. The Hall–Kier alpha value is -3.60. The van der Waals surface area contributed by atoms with E-state index in [1.165, 1.54) is 0 Å². The number of rotatable bonds is 5. The molecular weight excluding hydrogens is 328 g/mol. The Balaban J connectivity index is 1.40. The van der Waals surface area contributed by atoms with Crippen molar-refractivity contribution in [2.45, 2.75) is 6.42 Å². The monoisotopic (exact) mass is 344 g/mol.